The van der Waals surface area contributed by atoms with Crippen molar-refractivity contribution < 1.29 is 14.3 Å². The Morgan fingerprint density at radius 3 is 2.68 bits per heavy atom. The van der Waals surface area contributed by atoms with Gasteiger partial charge in [0.2, 0.25) is 5.91 Å². The fourth-order valence-electron chi connectivity index (χ4n) is 1.63. The number of aliphatic hydroxyl groups is 1. The number of benzene rings is 1. The van der Waals surface area contributed by atoms with E-state index in [4.69, 9.17) is 5.11 Å². The van der Waals surface area contributed by atoms with E-state index in [1.165, 1.54) is 23.9 Å². The molecule has 0 aliphatic rings. The number of aliphatic hydroxyl groups excluding tert-OH is 1. The molecule has 0 saturated carbocycles. The van der Waals surface area contributed by atoms with Crippen molar-refractivity contribution >= 4 is 17.7 Å². The molecule has 1 aromatic rings. The molecular formula is C14H20FNO2S. The number of halogens is 1. The normalized spacial score (nSPS) is 12.2. The number of hydrogen-bond acceptors (Lipinski definition) is 3. The average molecular weight is 285 g/mol. The molecule has 0 saturated heterocycles. The number of amides is 1. The van der Waals surface area contributed by atoms with Gasteiger partial charge in [-0.15, -0.1) is 11.8 Å². The molecule has 0 heterocycles. The summed E-state index contributed by atoms with van der Waals surface area (Å²) in [5.74, 6) is 0.402. The SMILES string of the molecule is CCC(CCO)NC(=O)CCSc1ccc(F)cc1. The van der Waals surface area contributed by atoms with E-state index in [2.05, 4.69) is 5.32 Å². The van der Waals surface area contributed by atoms with E-state index < -0.39 is 0 Å². The predicted octanol–water partition coefficient (Wildman–Crippen LogP) is 2.59. The highest BCUT2D eigenvalue weighted by Crippen LogP contribution is 2.18. The third kappa shape index (κ3) is 6.59. The third-order valence-electron chi connectivity index (χ3n) is 2.75. The van der Waals surface area contributed by atoms with Crippen LogP contribution in [0.2, 0.25) is 0 Å². The summed E-state index contributed by atoms with van der Waals surface area (Å²) in [4.78, 5) is 12.6. The van der Waals surface area contributed by atoms with Crippen LogP contribution in [0.3, 0.4) is 0 Å². The summed E-state index contributed by atoms with van der Waals surface area (Å²) in [6.07, 6.45) is 1.83. The topological polar surface area (TPSA) is 49.3 Å². The molecule has 1 unspecified atom stereocenters. The van der Waals surface area contributed by atoms with Crippen molar-refractivity contribution in [3.8, 4) is 0 Å². The Morgan fingerprint density at radius 1 is 1.42 bits per heavy atom. The number of rotatable bonds is 8. The molecule has 1 rings (SSSR count). The molecule has 1 aromatic carbocycles. The van der Waals surface area contributed by atoms with Crippen LogP contribution < -0.4 is 5.32 Å². The van der Waals surface area contributed by atoms with Gasteiger partial charge in [0.25, 0.3) is 0 Å². The number of carbonyl (C=O) groups excluding carboxylic acids is 1. The second-order valence-electron chi connectivity index (χ2n) is 4.24. The van der Waals surface area contributed by atoms with Gasteiger partial charge in [-0.3, -0.25) is 4.79 Å². The number of nitrogens with one attached hydrogen (secondary N) is 1. The predicted molar refractivity (Wildman–Crippen MR) is 75.7 cm³/mol. The summed E-state index contributed by atoms with van der Waals surface area (Å²) in [7, 11) is 0. The Morgan fingerprint density at radius 2 is 2.11 bits per heavy atom. The lowest BCUT2D eigenvalue weighted by Gasteiger charge is -2.15. The van der Waals surface area contributed by atoms with E-state index in [1.807, 2.05) is 6.92 Å². The first-order chi connectivity index (χ1) is 9.15. The minimum absolute atomic E-state index is 0.00471. The van der Waals surface area contributed by atoms with Gasteiger partial charge in [-0.05, 0) is 37.1 Å². The van der Waals surface area contributed by atoms with Crippen molar-refractivity contribution in [1.29, 1.82) is 0 Å². The first kappa shape index (κ1) is 16.0. The molecule has 0 aliphatic heterocycles. The van der Waals surface area contributed by atoms with Gasteiger partial charge >= 0.3 is 0 Å². The Bertz CT molecular complexity index is 384. The maximum Gasteiger partial charge on any atom is 0.221 e. The summed E-state index contributed by atoms with van der Waals surface area (Å²) >= 11 is 1.53. The third-order valence-corrected chi connectivity index (χ3v) is 3.76. The second-order valence-corrected chi connectivity index (χ2v) is 5.41. The molecule has 0 bridgehead atoms. The summed E-state index contributed by atoms with van der Waals surface area (Å²) < 4.78 is 12.7. The van der Waals surface area contributed by atoms with E-state index in [1.54, 1.807) is 12.1 Å². The van der Waals surface area contributed by atoms with Gasteiger partial charge in [0, 0.05) is 29.7 Å². The fourth-order valence-corrected chi connectivity index (χ4v) is 2.48. The molecule has 0 radical (unpaired) electrons. The molecule has 5 heteroatoms. The van der Waals surface area contributed by atoms with Crippen LogP contribution in [0.25, 0.3) is 0 Å². The van der Waals surface area contributed by atoms with Crippen LogP contribution in [-0.2, 0) is 4.79 Å². The van der Waals surface area contributed by atoms with Crippen molar-refractivity contribution in [2.75, 3.05) is 12.4 Å². The van der Waals surface area contributed by atoms with E-state index in [9.17, 15) is 9.18 Å². The van der Waals surface area contributed by atoms with Crippen LogP contribution in [0.15, 0.2) is 29.2 Å². The standard InChI is InChI=1S/C14H20FNO2S/c1-2-12(7-9-17)16-14(18)8-10-19-13-5-3-11(15)4-6-13/h3-6,12,17H,2,7-10H2,1H3,(H,16,18). The van der Waals surface area contributed by atoms with Crippen LogP contribution in [0.5, 0.6) is 0 Å². The molecule has 1 amide bonds. The van der Waals surface area contributed by atoms with Gasteiger partial charge in [0.05, 0.1) is 0 Å². The van der Waals surface area contributed by atoms with E-state index in [0.29, 0.717) is 18.6 Å². The van der Waals surface area contributed by atoms with Gasteiger partial charge < -0.3 is 10.4 Å². The lowest BCUT2D eigenvalue weighted by molar-refractivity contribution is -0.121. The van der Waals surface area contributed by atoms with Gasteiger partial charge in [-0.2, -0.15) is 0 Å². The molecule has 0 aliphatic carbocycles. The summed E-state index contributed by atoms with van der Waals surface area (Å²) in [6.45, 7) is 2.07. The Hall–Kier alpha value is -1.07. The zero-order valence-corrected chi connectivity index (χ0v) is 11.9. The van der Waals surface area contributed by atoms with E-state index in [0.717, 1.165) is 11.3 Å². The van der Waals surface area contributed by atoms with Crippen LogP contribution >= 0.6 is 11.8 Å². The molecule has 2 N–H and O–H groups in total. The summed E-state index contributed by atoms with van der Waals surface area (Å²) in [6, 6.07) is 6.29. The average Bonchev–Trinajstić information content (AvgIpc) is 2.40. The maximum atomic E-state index is 12.7. The Kier molecular flexibility index (Phi) is 7.52. The zero-order valence-electron chi connectivity index (χ0n) is 11.1. The molecule has 1 atom stereocenters. The van der Waals surface area contributed by atoms with Crippen molar-refractivity contribution in [2.45, 2.75) is 37.1 Å². The molecular weight excluding hydrogens is 265 g/mol. The smallest absolute Gasteiger partial charge is 0.221 e. The van der Waals surface area contributed by atoms with Gasteiger partial charge in [0.1, 0.15) is 5.82 Å². The van der Waals surface area contributed by atoms with Crippen LogP contribution in [-0.4, -0.2) is 29.4 Å². The lowest BCUT2D eigenvalue weighted by atomic mass is 10.1. The number of thioether (sulfide) groups is 1. The van der Waals surface area contributed by atoms with Gasteiger partial charge in [-0.25, -0.2) is 4.39 Å². The van der Waals surface area contributed by atoms with Crippen LogP contribution in [0.1, 0.15) is 26.2 Å². The monoisotopic (exact) mass is 285 g/mol. The van der Waals surface area contributed by atoms with Crippen LogP contribution in [0.4, 0.5) is 4.39 Å². The van der Waals surface area contributed by atoms with Crippen molar-refractivity contribution in [2.24, 2.45) is 0 Å². The Labute approximate surface area is 117 Å². The number of hydrogen-bond donors (Lipinski definition) is 2. The highest BCUT2D eigenvalue weighted by Gasteiger charge is 2.09. The Balaban J connectivity index is 2.24. The minimum atomic E-state index is -0.253. The highest BCUT2D eigenvalue weighted by atomic mass is 32.2. The first-order valence-electron chi connectivity index (χ1n) is 6.44. The van der Waals surface area contributed by atoms with Crippen LogP contribution in [0, 0.1) is 5.82 Å². The molecule has 3 nitrogen and oxygen atoms in total. The quantitative estimate of drug-likeness (QED) is 0.722. The van der Waals surface area contributed by atoms with Crippen molar-refractivity contribution in [1.82, 2.24) is 5.32 Å². The maximum absolute atomic E-state index is 12.7. The largest absolute Gasteiger partial charge is 0.396 e. The summed E-state index contributed by atoms with van der Waals surface area (Å²) in [5, 5.41) is 11.7. The lowest BCUT2D eigenvalue weighted by Crippen LogP contribution is -2.35. The molecule has 0 spiro atoms. The molecule has 19 heavy (non-hydrogen) atoms. The molecule has 0 aromatic heterocycles. The van der Waals surface area contributed by atoms with Crippen molar-refractivity contribution in [3.63, 3.8) is 0 Å². The minimum Gasteiger partial charge on any atom is -0.396 e. The summed E-state index contributed by atoms with van der Waals surface area (Å²) in [5.41, 5.74) is 0. The van der Waals surface area contributed by atoms with E-state index >= 15 is 0 Å². The number of carbonyl (C=O) groups is 1. The van der Waals surface area contributed by atoms with Crippen molar-refractivity contribution in [3.05, 3.63) is 30.1 Å². The first-order valence-corrected chi connectivity index (χ1v) is 7.42. The van der Waals surface area contributed by atoms with E-state index in [-0.39, 0.29) is 24.4 Å². The fraction of sp³-hybridized carbons (Fsp3) is 0.500. The van der Waals surface area contributed by atoms with Gasteiger partial charge in [-0.1, -0.05) is 6.92 Å². The van der Waals surface area contributed by atoms with Gasteiger partial charge in [0.15, 0.2) is 0 Å². The zero-order chi connectivity index (χ0) is 14.1. The molecule has 0 fully saturated rings. The molecule has 106 valence electrons. The highest BCUT2D eigenvalue weighted by molar-refractivity contribution is 7.99. The second kappa shape index (κ2) is 8.93.